The van der Waals surface area contributed by atoms with Crippen molar-refractivity contribution in [3.63, 3.8) is 0 Å². The summed E-state index contributed by atoms with van der Waals surface area (Å²) in [5.41, 5.74) is 1.25. The number of benzene rings is 2. The van der Waals surface area contributed by atoms with Crippen LogP contribution in [0.25, 0.3) is 0 Å². The van der Waals surface area contributed by atoms with E-state index in [0.29, 0.717) is 43.2 Å². The van der Waals surface area contributed by atoms with Gasteiger partial charge in [0.05, 0.1) is 12.1 Å². The Morgan fingerprint density at radius 1 is 1.17 bits per heavy atom. The Morgan fingerprint density at radius 2 is 1.92 bits per heavy atom. The maximum atomic E-state index is 12.2. The molecular weight excluding hydrogens is 306 g/mol. The lowest BCUT2D eigenvalue weighted by Crippen LogP contribution is -2.31. The van der Waals surface area contributed by atoms with E-state index in [0.717, 1.165) is 4.74 Å². The molecular formula is C18H19N3O3. The molecule has 0 radical (unpaired) electrons. The molecule has 124 valence electrons. The summed E-state index contributed by atoms with van der Waals surface area (Å²) in [5.74, 6) is 0.619. The summed E-state index contributed by atoms with van der Waals surface area (Å²) in [5, 5.41) is 15.0. The Morgan fingerprint density at radius 3 is 2.67 bits per heavy atom. The van der Waals surface area contributed by atoms with Crippen molar-refractivity contribution in [3.05, 3.63) is 65.4 Å². The Bertz CT molecular complexity index is 731. The van der Waals surface area contributed by atoms with E-state index in [1.165, 1.54) is 6.21 Å². The predicted molar refractivity (Wildman–Crippen MR) is 91.8 cm³/mol. The second kappa shape index (κ2) is 7.50. The summed E-state index contributed by atoms with van der Waals surface area (Å²) >= 11 is 0. The molecule has 2 aromatic rings. The van der Waals surface area contributed by atoms with Gasteiger partial charge < -0.3 is 20.2 Å². The average molecular weight is 325 g/mol. The summed E-state index contributed by atoms with van der Waals surface area (Å²) in [6.07, 6.45) is 1.49. The van der Waals surface area contributed by atoms with Crippen molar-refractivity contribution in [2.45, 2.75) is 0 Å². The monoisotopic (exact) mass is 325 g/mol. The molecule has 0 unspecified atom stereocenters. The third-order valence-corrected chi connectivity index (χ3v) is 3.75. The highest BCUT2D eigenvalue weighted by atomic mass is 16.5. The molecule has 1 fully saturated rings. The molecule has 2 amide bonds. The van der Waals surface area contributed by atoms with Crippen molar-refractivity contribution >= 4 is 17.9 Å². The Labute approximate surface area is 140 Å². The summed E-state index contributed by atoms with van der Waals surface area (Å²) in [6.45, 7) is 2.26. The largest absolute Gasteiger partial charge is 0.618 e. The molecule has 1 heterocycles. The molecule has 0 saturated carbocycles. The lowest BCUT2D eigenvalue weighted by Gasteiger charge is -2.15. The molecule has 0 aromatic heterocycles. The molecule has 0 aliphatic carbocycles. The first kappa shape index (κ1) is 15.9. The van der Waals surface area contributed by atoms with E-state index in [1.807, 2.05) is 42.5 Å². The van der Waals surface area contributed by atoms with Gasteiger partial charge in [-0.3, -0.25) is 0 Å². The third-order valence-electron chi connectivity index (χ3n) is 3.75. The van der Waals surface area contributed by atoms with Crippen LogP contribution in [-0.4, -0.2) is 48.1 Å². The number of hydrogen-bond acceptors (Lipinski definition) is 3. The average Bonchev–Trinajstić information content (AvgIpc) is 3.02. The minimum Gasteiger partial charge on any atom is -0.618 e. The number of nitrogens with zero attached hydrogens (tertiary/aromatic N) is 2. The van der Waals surface area contributed by atoms with Crippen molar-refractivity contribution in [1.82, 2.24) is 10.2 Å². The van der Waals surface area contributed by atoms with Gasteiger partial charge in [0.2, 0.25) is 5.69 Å². The fourth-order valence-corrected chi connectivity index (χ4v) is 2.48. The van der Waals surface area contributed by atoms with Crippen LogP contribution >= 0.6 is 0 Å². The van der Waals surface area contributed by atoms with Crippen molar-refractivity contribution in [1.29, 1.82) is 0 Å². The molecule has 1 aliphatic heterocycles. The number of amides is 2. The molecule has 6 nitrogen and oxygen atoms in total. The molecule has 24 heavy (non-hydrogen) atoms. The highest BCUT2D eigenvalue weighted by Gasteiger charge is 2.18. The van der Waals surface area contributed by atoms with Crippen LogP contribution < -0.4 is 10.1 Å². The maximum Gasteiger partial charge on any atom is 0.317 e. The van der Waals surface area contributed by atoms with Gasteiger partial charge in [0.25, 0.3) is 0 Å². The van der Waals surface area contributed by atoms with Crippen LogP contribution in [0.5, 0.6) is 5.75 Å². The maximum absolute atomic E-state index is 12.2. The fraction of sp³-hybridized carbons (Fsp3) is 0.222. The minimum atomic E-state index is -0.0618. The molecule has 1 saturated heterocycles. The Kier molecular flexibility index (Phi) is 4.96. The molecule has 3 rings (SSSR count). The summed E-state index contributed by atoms with van der Waals surface area (Å²) < 4.78 is 6.58. The zero-order chi connectivity index (χ0) is 16.8. The number of rotatable bonds is 6. The molecule has 0 bridgehead atoms. The number of urea groups is 1. The van der Waals surface area contributed by atoms with Crippen molar-refractivity contribution in [3.8, 4) is 5.75 Å². The van der Waals surface area contributed by atoms with E-state index in [4.69, 9.17) is 4.74 Å². The second-order valence-electron chi connectivity index (χ2n) is 5.40. The zero-order valence-corrected chi connectivity index (χ0v) is 13.2. The van der Waals surface area contributed by atoms with E-state index in [9.17, 15) is 10.0 Å². The van der Waals surface area contributed by atoms with Crippen molar-refractivity contribution in [2.75, 3.05) is 26.2 Å². The number of carbonyl (C=O) groups excluding carboxylic acids is 1. The van der Waals surface area contributed by atoms with Gasteiger partial charge in [0, 0.05) is 25.2 Å². The van der Waals surface area contributed by atoms with Crippen molar-refractivity contribution < 1.29 is 14.3 Å². The van der Waals surface area contributed by atoms with E-state index in [2.05, 4.69) is 5.32 Å². The Balaban J connectivity index is 1.68. The fourth-order valence-electron chi connectivity index (χ4n) is 2.48. The first-order chi connectivity index (χ1) is 11.7. The Hall–Kier alpha value is -3.02. The standard InChI is InChI=1S/C18H19N3O3/c22-18-19-10-11-20(18)12-13-24-17-9-5-4-6-15(17)14-21(23)16-7-2-1-3-8-16/h1-9,14H,10-13H2,(H,19,22)/b21-14-. The van der Waals surface area contributed by atoms with E-state index in [1.54, 1.807) is 17.0 Å². The molecule has 6 heteroatoms. The van der Waals surface area contributed by atoms with E-state index < -0.39 is 0 Å². The van der Waals surface area contributed by atoms with E-state index in [-0.39, 0.29) is 6.03 Å². The summed E-state index contributed by atoms with van der Waals surface area (Å²) in [6, 6.07) is 16.3. The van der Waals surface area contributed by atoms with Crippen LogP contribution in [0.1, 0.15) is 5.56 Å². The summed E-state index contributed by atoms with van der Waals surface area (Å²) in [4.78, 5) is 13.2. The highest BCUT2D eigenvalue weighted by Crippen LogP contribution is 2.17. The van der Waals surface area contributed by atoms with Gasteiger partial charge in [-0.15, -0.1) is 0 Å². The number of hydrogen-bond donors (Lipinski definition) is 1. The lowest BCUT2D eigenvalue weighted by molar-refractivity contribution is -0.354. The molecule has 2 aromatic carbocycles. The van der Waals surface area contributed by atoms with Crippen molar-refractivity contribution in [2.24, 2.45) is 0 Å². The first-order valence-electron chi connectivity index (χ1n) is 7.85. The van der Waals surface area contributed by atoms with Gasteiger partial charge in [-0.05, 0) is 12.1 Å². The molecule has 0 atom stereocenters. The van der Waals surface area contributed by atoms with Crippen LogP contribution in [0.4, 0.5) is 10.5 Å². The lowest BCUT2D eigenvalue weighted by atomic mass is 10.2. The van der Waals surface area contributed by atoms with Crippen LogP contribution in [-0.2, 0) is 0 Å². The normalized spacial score (nSPS) is 14.6. The number of carbonyl (C=O) groups is 1. The van der Waals surface area contributed by atoms with Gasteiger partial charge in [0.1, 0.15) is 12.4 Å². The molecule has 1 aliphatic rings. The second-order valence-corrected chi connectivity index (χ2v) is 5.40. The summed E-state index contributed by atoms with van der Waals surface area (Å²) in [7, 11) is 0. The SMILES string of the molecule is O=C1NCCN1CCOc1ccccc1/C=[N+](\[O-])c1ccccc1. The van der Waals surface area contributed by atoms with Gasteiger partial charge in [-0.1, -0.05) is 30.3 Å². The van der Waals surface area contributed by atoms with Gasteiger partial charge in [-0.25, -0.2) is 4.79 Å². The van der Waals surface area contributed by atoms with Gasteiger partial charge >= 0.3 is 6.03 Å². The predicted octanol–water partition coefficient (Wildman–Crippen LogP) is 2.35. The van der Waals surface area contributed by atoms with Crippen LogP contribution in [0.2, 0.25) is 0 Å². The highest BCUT2D eigenvalue weighted by molar-refractivity contribution is 5.80. The molecule has 1 N–H and O–H groups in total. The number of ether oxygens (including phenoxy) is 1. The number of nitrogens with one attached hydrogen (secondary N) is 1. The number of para-hydroxylation sites is 2. The van der Waals surface area contributed by atoms with E-state index >= 15 is 0 Å². The third kappa shape index (κ3) is 3.84. The van der Waals surface area contributed by atoms with Crippen LogP contribution in [0, 0.1) is 5.21 Å². The first-order valence-corrected chi connectivity index (χ1v) is 7.85. The van der Waals surface area contributed by atoms with Crippen LogP contribution in [0.3, 0.4) is 0 Å². The molecule has 0 spiro atoms. The topological polar surface area (TPSA) is 67.6 Å². The zero-order valence-electron chi connectivity index (χ0n) is 13.2. The van der Waals surface area contributed by atoms with Gasteiger partial charge in [0.15, 0.2) is 6.21 Å². The quantitative estimate of drug-likeness (QED) is 0.384. The minimum absolute atomic E-state index is 0.0618. The van der Waals surface area contributed by atoms with Crippen LogP contribution in [0.15, 0.2) is 54.6 Å². The van der Waals surface area contributed by atoms with Gasteiger partial charge in [-0.2, -0.15) is 4.74 Å². The smallest absolute Gasteiger partial charge is 0.317 e.